The first-order chi connectivity index (χ1) is 11.5. The van der Waals surface area contributed by atoms with Gasteiger partial charge in [0.15, 0.2) is 0 Å². The Hall–Kier alpha value is -2.14. The highest BCUT2D eigenvalue weighted by Crippen LogP contribution is 2.19. The number of rotatable bonds is 6. The summed E-state index contributed by atoms with van der Waals surface area (Å²) in [5.41, 5.74) is 3.07. The lowest BCUT2D eigenvalue weighted by Crippen LogP contribution is -2.41. The largest absolute Gasteiger partial charge is 0.324 e. The summed E-state index contributed by atoms with van der Waals surface area (Å²) >= 11 is 0. The van der Waals surface area contributed by atoms with Crippen molar-refractivity contribution >= 4 is 22.5 Å². The third kappa shape index (κ3) is 5.20. The van der Waals surface area contributed by atoms with Crippen LogP contribution in [0.5, 0.6) is 0 Å². The Morgan fingerprint density at radius 1 is 1.12 bits per heavy atom. The van der Waals surface area contributed by atoms with E-state index in [2.05, 4.69) is 17.4 Å². The fourth-order valence-electron chi connectivity index (χ4n) is 2.47. The van der Waals surface area contributed by atoms with Crippen LogP contribution in [0.3, 0.4) is 0 Å². The second-order valence-electron chi connectivity index (χ2n) is 5.95. The van der Waals surface area contributed by atoms with Crippen molar-refractivity contribution in [3.8, 4) is 0 Å². The van der Waals surface area contributed by atoms with Gasteiger partial charge in [0.25, 0.3) is 0 Å². The maximum absolute atomic E-state index is 12.5. The minimum atomic E-state index is -0.932. The lowest BCUT2D eigenvalue weighted by molar-refractivity contribution is 0.212. The van der Waals surface area contributed by atoms with Crippen LogP contribution in [-0.2, 0) is 17.2 Å². The Balaban J connectivity index is 2.09. The summed E-state index contributed by atoms with van der Waals surface area (Å²) in [6, 6.07) is 17.7. The summed E-state index contributed by atoms with van der Waals surface area (Å²) in [7, 11) is 0.797. The molecule has 0 fully saturated rings. The van der Waals surface area contributed by atoms with E-state index in [1.165, 1.54) is 5.56 Å². The zero-order valence-electron chi connectivity index (χ0n) is 14.4. The lowest BCUT2D eigenvalue weighted by atomic mass is 10.0. The number of nitrogens with zero attached hydrogens (tertiary/aromatic N) is 1. The minimum absolute atomic E-state index is 0.0860. The van der Waals surface area contributed by atoms with Crippen LogP contribution in [0.25, 0.3) is 0 Å². The van der Waals surface area contributed by atoms with Crippen LogP contribution in [-0.4, -0.2) is 40.2 Å². The average Bonchev–Trinajstić information content (AvgIpc) is 2.56. The van der Waals surface area contributed by atoms with Gasteiger partial charge in [-0.25, -0.2) is 4.79 Å². The van der Waals surface area contributed by atoms with Crippen LogP contribution in [0, 0.1) is 0 Å². The first-order valence-electron chi connectivity index (χ1n) is 7.93. The summed E-state index contributed by atoms with van der Waals surface area (Å²) in [5, 5.41) is 2.97. The van der Waals surface area contributed by atoms with E-state index in [1.54, 1.807) is 18.2 Å². The third-order valence-electron chi connectivity index (χ3n) is 3.95. The molecule has 24 heavy (non-hydrogen) atoms. The van der Waals surface area contributed by atoms with Crippen molar-refractivity contribution in [1.29, 1.82) is 0 Å². The van der Waals surface area contributed by atoms with Gasteiger partial charge in [-0.3, -0.25) is 4.21 Å². The Bertz CT molecular complexity index is 704. The van der Waals surface area contributed by atoms with Gasteiger partial charge in [0.1, 0.15) is 0 Å². The molecule has 2 aromatic rings. The maximum atomic E-state index is 12.5. The molecule has 0 bridgehead atoms. The van der Waals surface area contributed by atoms with Crippen molar-refractivity contribution < 1.29 is 9.00 Å². The quantitative estimate of drug-likeness (QED) is 0.872. The van der Waals surface area contributed by atoms with Gasteiger partial charge in [0.2, 0.25) is 0 Å². The molecule has 2 atom stereocenters. The predicted octanol–water partition coefficient (Wildman–Crippen LogP) is 3.51. The maximum Gasteiger partial charge on any atom is 0.321 e. The number of carbonyl (C=O) groups excluding carboxylic acids is 1. The molecule has 0 heterocycles. The highest BCUT2D eigenvalue weighted by Gasteiger charge is 2.17. The first kappa shape index (κ1) is 18.2. The van der Waals surface area contributed by atoms with E-state index in [4.69, 9.17) is 0 Å². The molecular formula is C19H24N2O2S. The van der Waals surface area contributed by atoms with Crippen molar-refractivity contribution in [2.45, 2.75) is 19.4 Å². The molecular weight excluding hydrogens is 320 g/mol. The van der Waals surface area contributed by atoms with E-state index in [-0.39, 0.29) is 12.1 Å². The number of benzene rings is 2. The smallest absolute Gasteiger partial charge is 0.321 e. The SMILES string of the molecule is C[C@H](C[S@@](C)=O)N(C)C(=O)Nc1ccccc1Cc1ccccc1. The molecule has 0 saturated carbocycles. The monoisotopic (exact) mass is 344 g/mol. The molecule has 2 amide bonds. The molecule has 0 saturated heterocycles. The zero-order chi connectivity index (χ0) is 17.5. The molecule has 0 radical (unpaired) electrons. The Morgan fingerprint density at radius 3 is 2.42 bits per heavy atom. The standard InChI is InChI=1S/C19H24N2O2S/c1-15(14-24(3)23)21(2)19(22)20-18-12-8-7-11-17(18)13-16-9-5-4-6-10-16/h4-12,15H,13-14H2,1-3H3,(H,20,22)/t15-,24-/m1/s1. The number of carbonyl (C=O) groups is 1. The molecule has 128 valence electrons. The van der Waals surface area contributed by atoms with Crippen molar-refractivity contribution in [1.82, 2.24) is 4.90 Å². The van der Waals surface area contributed by atoms with E-state index in [1.807, 2.05) is 49.4 Å². The second kappa shape index (κ2) is 8.64. The summed E-state index contributed by atoms with van der Waals surface area (Å²) < 4.78 is 11.3. The van der Waals surface area contributed by atoms with Crippen molar-refractivity contribution in [3.63, 3.8) is 0 Å². The van der Waals surface area contributed by atoms with Crippen LogP contribution < -0.4 is 5.32 Å². The molecule has 2 rings (SSSR count). The number of hydrogen-bond acceptors (Lipinski definition) is 2. The van der Waals surface area contributed by atoms with Gasteiger partial charge in [0, 0.05) is 41.6 Å². The molecule has 1 N–H and O–H groups in total. The van der Waals surface area contributed by atoms with E-state index in [9.17, 15) is 9.00 Å². The third-order valence-corrected chi connectivity index (χ3v) is 4.91. The predicted molar refractivity (Wildman–Crippen MR) is 101 cm³/mol. The van der Waals surface area contributed by atoms with Gasteiger partial charge in [-0.15, -0.1) is 0 Å². The van der Waals surface area contributed by atoms with Crippen LogP contribution in [0.1, 0.15) is 18.1 Å². The number of hydrogen-bond donors (Lipinski definition) is 1. The molecule has 5 heteroatoms. The van der Waals surface area contributed by atoms with Gasteiger partial charge in [-0.2, -0.15) is 0 Å². The highest BCUT2D eigenvalue weighted by molar-refractivity contribution is 7.84. The van der Waals surface area contributed by atoms with Gasteiger partial charge in [0.05, 0.1) is 0 Å². The lowest BCUT2D eigenvalue weighted by Gasteiger charge is -2.25. The summed E-state index contributed by atoms with van der Waals surface area (Å²) in [6.45, 7) is 1.90. The van der Waals surface area contributed by atoms with E-state index in [0.717, 1.165) is 17.7 Å². The molecule has 0 aliphatic carbocycles. The average molecular weight is 344 g/mol. The van der Waals surface area contributed by atoms with E-state index in [0.29, 0.717) is 5.75 Å². The highest BCUT2D eigenvalue weighted by atomic mass is 32.2. The van der Waals surface area contributed by atoms with Crippen LogP contribution >= 0.6 is 0 Å². The molecule has 0 spiro atoms. The summed E-state index contributed by atoms with van der Waals surface area (Å²) in [5.74, 6) is 0.468. The van der Waals surface area contributed by atoms with Crippen LogP contribution in [0.15, 0.2) is 54.6 Å². The van der Waals surface area contributed by atoms with Gasteiger partial charge >= 0.3 is 6.03 Å². The number of urea groups is 1. The Morgan fingerprint density at radius 2 is 1.75 bits per heavy atom. The topological polar surface area (TPSA) is 49.4 Å². The second-order valence-corrected chi connectivity index (χ2v) is 7.43. The first-order valence-corrected chi connectivity index (χ1v) is 9.65. The Labute approximate surface area is 146 Å². The molecule has 0 aromatic heterocycles. The molecule has 0 aliphatic heterocycles. The number of para-hydroxylation sites is 1. The van der Waals surface area contributed by atoms with Crippen LogP contribution in [0.4, 0.5) is 10.5 Å². The normalized spacial score (nSPS) is 13.1. The van der Waals surface area contributed by atoms with Gasteiger partial charge < -0.3 is 10.2 Å². The molecule has 4 nitrogen and oxygen atoms in total. The molecule has 0 unspecified atom stereocenters. The molecule has 0 aliphatic rings. The molecule has 2 aromatic carbocycles. The fourth-order valence-corrected chi connectivity index (χ4v) is 3.37. The van der Waals surface area contributed by atoms with Gasteiger partial charge in [-0.05, 0) is 30.5 Å². The van der Waals surface area contributed by atoms with Crippen molar-refractivity contribution in [2.75, 3.05) is 24.4 Å². The minimum Gasteiger partial charge on any atom is -0.324 e. The number of amides is 2. The zero-order valence-corrected chi connectivity index (χ0v) is 15.2. The Kier molecular flexibility index (Phi) is 6.55. The fraction of sp³-hybridized carbons (Fsp3) is 0.316. The van der Waals surface area contributed by atoms with Gasteiger partial charge in [-0.1, -0.05) is 48.5 Å². The van der Waals surface area contributed by atoms with Crippen molar-refractivity contribution in [3.05, 3.63) is 65.7 Å². The van der Waals surface area contributed by atoms with Crippen molar-refractivity contribution in [2.24, 2.45) is 0 Å². The summed E-state index contributed by atoms with van der Waals surface area (Å²) in [6.07, 6.45) is 2.41. The summed E-state index contributed by atoms with van der Waals surface area (Å²) in [4.78, 5) is 14.1. The number of nitrogens with one attached hydrogen (secondary N) is 1. The van der Waals surface area contributed by atoms with Crippen LogP contribution in [0.2, 0.25) is 0 Å². The van der Waals surface area contributed by atoms with E-state index < -0.39 is 10.8 Å². The number of anilines is 1. The van der Waals surface area contributed by atoms with E-state index >= 15 is 0 Å².